The minimum Gasteiger partial charge on any atom is -0.352 e. The van der Waals surface area contributed by atoms with Gasteiger partial charge in [-0.2, -0.15) is 5.26 Å². The molecule has 0 bridgehead atoms. The molecule has 1 N–H and O–H groups in total. The summed E-state index contributed by atoms with van der Waals surface area (Å²) in [6.45, 7) is 1.79. The zero-order chi connectivity index (χ0) is 10.6. The zero-order valence-corrected chi connectivity index (χ0v) is 9.05. The van der Waals surface area contributed by atoms with Gasteiger partial charge in [-0.15, -0.1) is 11.6 Å². The monoisotopic (exact) mass is 214 g/mol. The Balaban J connectivity index is 2.44. The van der Waals surface area contributed by atoms with E-state index in [2.05, 4.69) is 11.4 Å². The van der Waals surface area contributed by atoms with E-state index in [1.54, 1.807) is 6.92 Å². The molecular formula is C10H15ClN2O. The average molecular weight is 215 g/mol. The standard InChI is InChI=1S/C10H15ClN2O/c1-7(5-11)10(14)13-9-4-2-3-8(9)6-12/h7-9H,2-5H2,1H3,(H,13,14). The number of amides is 1. The van der Waals surface area contributed by atoms with Gasteiger partial charge < -0.3 is 5.32 Å². The number of carbonyl (C=O) groups excluding carboxylic acids is 1. The second kappa shape index (κ2) is 5.21. The molecule has 1 saturated carbocycles. The van der Waals surface area contributed by atoms with Crippen molar-refractivity contribution < 1.29 is 4.79 Å². The Morgan fingerprint density at radius 2 is 2.43 bits per heavy atom. The van der Waals surface area contributed by atoms with Crippen molar-refractivity contribution in [1.29, 1.82) is 5.26 Å². The Labute approximate surface area is 89.4 Å². The van der Waals surface area contributed by atoms with Crippen LogP contribution in [0.1, 0.15) is 26.2 Å². The summed E-state index contributed by atoms with van der Waals surface area (Å²) in [7, 11) is 0. The molecule has 3 unspecified atom stereocenters. The second-order valence-corrected chi connectivity index (χ2v) is 4.15. The van der Waals surface area contributed by atoms with E-state index in [9.17, 15) is 4.79 Å². The van der Waals surface area contributed by atoms with E-state index in [0.29, 0.717) is 5.88 Å². The molecule has 14 heavy (non-hydrogen) atoms. The molecular weight excluding hydrogens is 200 g/mol. The van der Waals surface area contributed by atoms with Gasteiger partial charge in [-0.05, 0) is 19.3 Å². The van der Waals surface area contributed by atoms with Gasteiger partial charge in [0, 0.05) is 17.8 Å². The highest BCUT2D eigenvalue weighted by Gasteiger charge is 2.29. The fourth-order valence-electron chi connectivity index (χ4n) is 1.68. The highest BCUT2D eigenvalue weighted by molar-refractivity contribution is 6.19. The van der Waals surface area contributed by atoms with Gasteiger partial charge in [-0.1, -0.05) is 6.92 Å². The van der Waals surface area contributed by atoms with Crippen LogP contribution in [-0.4, -0.2) is 17.8 Å². The lowest BCUT2D eigenvalue weighted by Crippen LogP contribution is -2.40. The van der Waals surface area contributed by atoms with Crippen LogP contribution in [0.15, 0.2) is 0 Å². The fraction of sp³-hybridized carbons (Fsp3) is 0.800. The molecule has 1 aliphatic rings. The molecule has 0 aromatic rings. The van der Waals surface area contributed by atoms with Crippen LogP contribution in [0.3, 0.4) is 0 Å². The topological polar surface area (TPSA) is 52.9 Å². The van der Waals surface area contributed by atoms with Gasteiger partial charge in [0.2, 0.25) is 5.91 Å². The summed E-state index contributed by atoms with van der Waals surface area (Å²) in [6.07, 6.45) is 2.84. The van der Waals surface area contributed by atoms with Gasteiger partial charge in [0.15, 0.2) is 0 Å². The van der Waals surface area contributed by atoms with Gasteiger partial charge in [0.25, 0.3) is 0 Å². The molecule has 1 rings (SSSR count). The normalized spacial score (nSPS) is 28.1. The van der Waals surface area contributed by atoms with Crippen molar-refractivity contribution in [3.63, 3.8) is 0 Å². The van der Waals surface area contributed by atoms with Gasteiger partial charge >= 0.3 is 0 Å². The number of carbonyl (C=O) groups is 1. The van der Waals surface area contributed by atoms with Crippen molar-refractivity contribution >= 4 is 17.5 Å². The molecule has 0 spiro atoms. The Kier molecular flexibility index (Phi) is 4.21. The smallest absolute Gasteiger partial charge is 0.224 e. The highest BCUT2D eigenvalue weighted by atomic mass is 35.5. The molecule has 1 fully saturated rings. The molecule has 3 nitrogen and oxygen atoms in total. The van der Waals surface area contributed by atoms with E-state index in [4.69, 9.17) is 16.9 Å². The maximum absolute atomic E-state index is 11.5. The third kappa shape index (κ3) is 2.62. The van der Waals surface area contributed by atoms with Gasteiger partial charge in [0.05, 0.1) is 12.0 Å². The van der Waals surface area contributed by atoms with Gasteiger partial charge in [-0.25, -0.2) is 0 Å². The van der Waals surface area contributed by atoms with Crippen molar-refractivity contribution in [3.05, 3.63) is 0 Å². The van der Waals surface area contributed by atoms with Crippen LogP contribution in [-0.2, 0) is 4.79 Å². The van der Waals surface area contributed by atoms with Crippen molar-refractivity contribution in [2.75, 3.05) is 5.88 Å². The predicted molar refractivity (Wildman–Crippen MR) is 54.8 cm³/mol. The van der Waals surface area contributed by atoms with E-state index in [1.165, 1.54) is 0 Å². The van der Waals surface area contributed by atoms with Crippen molar-refractivity contribution in [2.24, 2.45) is 11.8 Å². The van der Waals surface area contributed by atoms with Crippen LogP contribution in [0.25, 0.3) is 0 Å². The minimum absolute atomic E-state index is 0.0125. The van der Waals surface area contributed by atoms with Crippen LogP contribution in [0.5, 0.6) is 0 Å². The molecule has 4 heteroatoms. The summed E-state index contributed by atoms with van der Waals surface area (Å²) in [4.78, 5) is 11.5. The Bertz CT molecular complexity index is 249. The minimum atomic E-state index is -0.170. The number of rotatable bonds is 3. The summed E-state index contributed by atoms with van der Waals surface area (Å²) >= 11 is 5.58. The lowest BCUT2D eigenvalue weighted by atomic mass is 10.0. The number of hydrogen-bond acceptors (Lipinski definition) is 2. The van der Waals surface area contributed by atoms with E-state index < -0.39 is 0 Å². The molecule has 0 radical (unpaired) electrons. The maximum atomic E-state index is 11.5. The number of hydrogen-bond donors (Lipinski definition) is 1. The first kappa shape index (κ1) is 11.3. The van der Waals surface area contributed by atoms with E-state index in [1.807, 2.05) is 0 Å². The molecule has 0 aromatic heterocycles. The molecule has 0 heterocycles. The summed E-state index contributed by atoms with van der Waals surface area (Å²) in [5, 5.41) is 11.7. The predicted octanol–water partition coefficient (Wildman–Crippen LogP) is 1.67. The Morgan fingerprint density at radius 3 is 3.00 bits per heavy atom. The van der Waals surface area contributed by atoms with Crippen LogP contribution in [0.4, 0.5) is 0 Å². The third-order valence-electron chi connectivity index (χ3n) is 2.69. The first-order valence-electron chi connectivity index (χ1n) is 4.95. The maximum Gasteiger partial charge on any atom is 0.224 e. The SMILES string of the molecule is CC(CCl)C(=O)NC1CCCC1C#N. The molecule has 0 aliphatic heterocycles. The third-order valence-corrected chi connectivity index (χ3v) is 3.15. The molecule has 1 amide bonds. The fourth-order valence-corrected chi connectivity index (χ4v) is 1.82. The largest absolute Gasteiger partial charge is 0.352 e. The van der Waals surface area contributed by atoms with E-state index in [-0.39, 0.29) is 23.8 Å². The molecule has 0 aromatic carbocycles. The summed E-state index contributed by atoms with van der Waals surface area (Å²) in [5.74, 6) is 0.112. The summed E-state index contributed by atoms with van der Waals surface area (Å²) in [6, 6.07) is 2.27. The van der Waals surface area contributed by atoms with Crippen molar-refractivity contribution in [1.82, 2.24) is 5.32 Å². The number of nitriles is 1. The van der Waals surface area contributed by atoms with Crippen LogP contribution in [0.2, 0.25) is 0 Å². The summed E-state index contributed by atoms with van der Waals surface area (Å²) < 4.78 is 0. The lowest BCUT2D eigenvalue weighted by Gasteiger charge is -2.17. The van der Waals surface area contributed by atoms with Crippen molar-refractivity contribution in [3.8, 4) is 6.07 Å². The van der Waals surface area contributed by atoms with E-state index >= 15 is 0 Å². The highest BCUT2D eigenvalue weighted by Crippen LogP contribution is 2.25. The molecule has 3 atom stereocenters. The van der Waals surface area contributed by atoms with Crippen LogP contribution >= 0.6 is 11.6 Å². The number of alkyl halides is 1. The average Bonchev–Trinajstić information content (AvgIpc) is 2.63. The first-order valence-corrected chi connectivity index (χ1v) is 5.48. The summed E-state index contributed by atoms with van der Waals surface area (Å²) in [5.41, 5.74) is 0. The first-order chi connectivity index (χ1) is 6.69. The number of halogens is 1. The van der Waals surface area contributed by atoms with Crippen molar-refractivity contribution in [2.45, 2.75) is 32.2 Å². The molecule has 0 saturated heterocycles. The second-order valence-electron chi connectivity index (χ2n) is 3.84. The van der Waals surface area contributed by atoms with E-state index in [0.717, 1.165) is 19.3 Å². The number of nitrogens with zero attached hydrogens (tertiary/aromatic N) is 1. The van der Waals surface area contributed by atoms with Gasteiger partial charge in [-0.3, -0.25) is 4.79 Å². The van der Waals surface area contributed by atoms with Crippen LogP contribution < -0.4 is 5.32 Å². The molecule has 1 aliphatic carbocycles. The Hall–Kier alpha value is -0.750. The Morgan fingerprint density at radius 1 is 1.71 bits per heavy atom. The number of nitrogens with one attached hydrogen (secondary N) is 1. The molecule has 78 valence electrons. The van der Waals surface area contributed by atoms with Gasteiger partial charge in [0.1, 0.15) is 0 Å². The zero-order valence-electron chi connectivity index (χ0n) is 8.29. The lowest BCUT2D eigenvalue weighted by molar-refractivity contribution is -0.124. The van der Waals surface area contributed by atoms with Crippen LogP contribution in [0, 0.1) is 23.2 Å². The quantitative estimate of drug-likeness (QED) is 0.727.